The van der Waals surface area contributed by atoms with Crippen LogP contribution < -0.4 is 5.32 Å². The van der Waals surface area contributed by atoms with E-state index in [1.54, 1.807) is 36.0 Å². The Morgan fingerprint density at radius 2 is 2.10 bits per heavy atom. The smallest absolute Gasteiger partial charge is 0.307 e. The highest BCUT2D eigenvalue weighted by Gasteiger charge is 2.14. The first-order valence-corrected chi connectivity index (χ1v) is 7.96. The zero-order chi connectivity index (χ0) is 15.0. The SMILES string of the molecule is CC[C@H](CC(=O)OCC(=O)Nc1ccccc1Cl)SC. The van der Waals surface area contributed by atoms with Crippen LogP contribution in [-0.2, 0) is 14.3 Å². The summed E-state index contributed by atoms with van der Waals surface area (Å²) in [6, 6.07) is 6.89. The standard InChI is InChI=1S/C14H18ClNO3S/c1-3-10(20-2)8-14(18)19-9-13(17)16-12-7-5-4-6-11(12)15/h4-7,10H,3,8-9H2,1-2H3,(H,16,17)/t10-/m1/s1. The van der Waals surface area contributed by atoms with E-state index in [2.05, 4.69) is 5.32 Å². The molecule has 0 bridgehead atoms. The Morgan fingerprint density at radius 1 is 1.40 bits per heavy atom. The summed E-state index contributed by atoms with van der Waals surface area (Å²) in [5, 5.41) is 3.27. The molecule has 6 heteroatoms. The Bertz CT molecular complexity index is 463. The summed E-state index contributed by atoms with van der Waals surface area (Å²) in [5.74, 6) is -0.760. The number of rotatable bonds is 7. The first-order valence-electron chi connectivity index (χ1n) is 6.29. The molecule has 110 valence electrons. The van der Waals surface area contributed by atoms with Gasteiger partial charge in [-0.1, -0.05) is 30.7 Å². The van der Waals surface area contributed by atoms with E-state index < -0.39 is 5.91 Å². The van der Waals surface area contributed by atoms with Crippen LogP contribution in [0.2, 0.25) is 5.02 Å². The molecule has 1 aromatic rings. The summed E-state index contributed by atoms with van der Waals surface area (Å²) < 4.78 is 4.94. The van der Waals surface area contributed by atoms with Gasteiger partial charge in [0.1, 0.15) is 0 Å². The van der Waals surface area contributed by atoms with Crippen LogP contribution in [0.4, 0.5) is 5.69 Å². The fourth-order valence-electron chi connectivity index (χ4n) is 1.53. The Balaban J connectivity index is 2.37. The minimum absolute atomic E-state index is 0.231. The molecular formula is C14H18ClNO3S. The molecule has 20 heavy (non-hydrogen) atoms. The van der Waals surface area contributed by atoms with Crippen molar-refractivity contribution in [3.8, 4) is 0 Å². The number of benzene rings is 1. The average molecular weight is 316 g/mol. The van der Waals surface area contributed by atoms with E-state index in [4.69, 9.17) is 16.3 Å². The largest absolute Gasteiger partial charge is 0.456 e. The topological polar surface area (TPSA) is 55.4 Å². The van der Waals surface area contributed by atoms with Crippen LogP contribution in [0.1, 0.15) is 19.8 Å². The molecule has 0 aromatic heterocycles. The Kier molecular flexibility index (Phi) is 7.47. The summed E-state index contributed by atoms with van der Waals surface area (Å²) in [5.41, 5.74) is 0.505. The molecule has 0 fully saturated rings. The second-order valence-corrected chi connectivity index (χ2v) is 5.70. The summed E-state index contributed by atoms with van der Waals surface area (Å²) in [4.78, 5) is 23.2. The van der Waals surface area contributed by atoms with Gasteiger partial charge >= 0.3 is 5.97 Å². The zero-order valence-electron chi connectivity index (χ0n) is 11.5. The molecule has 0 saturated carbocycles. The van der Waals surface area contributed by atoms with E-state index >= 15 is 0 Å². The van der Waals surface area contributed by atoms with Gasteiger partial charge < -0.3 is 10.1 Å². The molecule has 0 radical (unpaired) electrons. The lowest BCUT2D eigenvalue weighted by atomic mass is 10.2. The van der Waals surface area contributed by atoms with Gasteiger partial charge in [0, 0.05) is 5.25 Å². The highest BCUT2D eigenvalue weighted by molar-refractivity contribution is 7.99. The van der Waals surface area contributed by atoms with Crippen molar-refractivity contribution in [2.24, 2.45) is 0 Å². The molecule has 0 aliphatic rings. The molecule has 0 aliphatic carbocycles. The second-order valence-electron chi connectivity index (χ2n) is 4.16. The van der Waals surface area contributed by atoms with Gasteiger partial charge in [0.05, 0.1) is 17.1 Å². The van der Waals surface area contributed by atoms with E-state index in [0.717, 1.165) is 6.42 Å². The number of halogens is 1. The highest BCUT2D eigenvalue weighted by atomic mass is 35.5. The van der Waals surface area contributed by atoms with Crippen molar-refractivity contribution in [1.82, 2.24) is 0 Å². The molecule has 1 atom stereocenters. The molecule has 1 aromatic carbocycles. The molecule has 0 heterocycles. The van der Waals surface area contributed by atoms with Crippen molar-refractivity contribution in [2.45, 2.75) is 25.0 Å². The summed E-state index contributed by atoms with van der Waals surface area (Å²) in [6.07, 6.45) is 3.16. The van der Waals surface area contributed by atoms with Crippen LogP contribution in [0.5, 0.6) is 0 Å². The fraction of sp³-hybridized carbons (Fsp3) is 0.429. The van der Waals surface area contributed by atoms with E-state index in [1.807, 2.05) is 13.2 Å². The average Bonchev–Trinajstić information content (AvgIpc) is 2.45. The lowest BCUT2D eigenvalue weighted by Gasteiger charge is -2.11. The molecule has 0 saturated heterocycles. The second kappa shape index (κ2) is 8.87. The molecule has 1 amide bonds. The predicted molar refractivity (Wildman–Crippen MR) is 83.3 cm³/mol. The van der Waals surface area contributed by atoms with Gasteiger partial charge in [-0.15, -0.1) is 0 Å². The van der Waals surface area contributed by atoms with E-state index in [0.29, 0.717) is 17.1 Å². The fourth-order valence-corrected chi connectivity index (χ4v) is 2.35. The number of para-hydroxylation sites is 1. The van der Waals surface area contributed by atoms with E-state index in [9.17, 15) is 9.59 Å². The number of nitrogens with one attached hydrogen (secondary N) is 1. The number of amides is 1. The number of anilines is 1. The van der Waals surface area contributed by atoms with Gasteiger partial charge in [0.25, 0.3) is 5.91 Å². The zero-order valence-corrected chi connectivity index (χ0v) is 13.1. The number of carbonyl (C=O) groups is 2. The number of hydrogen-bond donors (Lipinski definition) is 1. The Hall–Kier alpha value is -1.20. The highest BCUT2D eigenvalue weighted by Crippen LogP contribution is 2.20. The molecular weight excluding hydrogens is 298 g/mol. The molecule has 0 aliphatic heterocycles. The van der Waals surface area contributed by atoms with Crippen LogP contribution in [0.3, 0.4) is 0 Å². The van der Waals surface area contributed by atoms with Crippen LogP contribution in [0.25, 0.3) is 0 Å². The van der Waals surface area contributed by atoms with Gasteiger partial charge in [-0.3, -0.25) is 9.59 Å². The lowest BCUT2D eigenvalue weighted by molar-refractivity contribution is -0.147. The minimum Gasteiger partial charge on any atom is -0.456 e. The molecule has 1 rings (SSSR count). The van der Waals surface area contributed by atoms with Crippen LogP contribution in [0.15, 0.2) is 24.3 Å². The van der Waals surface area contributed by atoms with Gasteiger partial charge in [-0.25, -0.2) is 0 Å². The van der Waals surface area contributed by atoms with Crippen LogP contribution in [0, 0.1) is 0 Å². The summed E-state index contributed by atoms with van der Waals surface area (Å²) in [7, 11) is 0. The Morgan fingerprint density at radius 3 is 2.70 bits per heavy atom. The van der Waals surface area contributed by atoms with Crippen LogP contribution in [-0.4, -0.2) is 30.0 Å². The quantitative estimate of drug-likeness (QED) is 0.784. The van der Waals surface area contributed by atoms with E-state index in [1.165, 1.54) is 0 Å². The van der Waals surface area contributed by atoms with Crippen molar-refractivity contribution in [3.63, 3.8) is 0 Å². The van der Waals surface area contributed by atoms with Gasteiger partial charge in [0.2, 0.25) is 0 Å². The number of esters is 1. The van der Waals surface area contributed by atoms with Crippen molar-refractivity contribution in [1.29, 1.82) is 0 Å². The van der Waals surface area contributed by atoms with Crippen molar-refractivity contribution in [2.75, 3.05) is 18.2 Å². The van der Waals surface area contributed by atoms with Crippen LogP contribution >= 0.6 is 23.4 Å². The molecule has 0 unspecified atom stereocenters. The normalized spacial score (nSPS) is 11.8. The third-order valence-corrected chi connectivity index (χ3v) is 4.19. The monoisotopic (exact) mass is 315 g/mol. The van der Waals surface area contributed by atoms with E-state index in [-0.39, 0.29) is 17.8 Å². The van der Waals surface area contributed by atoms with Crippen molar-refractivity contribution in [3.05, 3.63) is 29.3 Å². The number of ether oxygens (including phenoxy) is 1. The molecule has 4 nitrogen and oxygen atoms in total. The number of thioether (sulfide) groups is 1. The summed E-state index contributed by atoms with van der Waals surface area (Å²) in [6.45, 7) is 1.72. The summed E-state index contributed by atoms with van der Waals surface area (Å²) >= 11 is 7.53. The third-order valence-electron chi connectivity index (χ3n) is 2.70. The first kappa shape index (κ1) is 16.9. The lowest BCUT2D eigenvalue weighted by Crippen LogP contribution is -2.22. The first-order chi connectivity index (χ1) is 9.56. The van der Waals surface area contributed by atoms with Crippen molar-refractivity contribution < 1.29 is 14.3 Å². The van der Waals surface area contributed by atoms with Gasteiger partial charge in [-0.05, 0) is 24.8 Å². The van der Waals surface area contributed by atoms with Gasteiger partial charge in [-0.2, -0.15) is 11.8 Å². The minimum atomic E-state index is -0.399. The molecule has 1 N–H and O–H groups in total. The number of carbonyl (C=O) groups excluding carboxylic acids is 2. The van der Waals surface area contributed by atoms with Crippen molar-refractivity contribution >= 4 is 40.9 Å². The van der Waals surface area contributed by atoms with Gasteiger partial charge in [0.15, 0.2) is 6.61 Å². The molecule has 0 spiro atoms. The maximum absolute atomic E-state index is 11.6. The number of hydrogen-bond acceptors (Lipinski definition) is 4. The third kappa shape index (κ3) is 5.84. The predicted octanol–water partition coefficient (Wildman–Crippen LogP) is 3.35. The Labute approximate surface area is 128 Å². The maximum Gasteiger partial charge on any atom is 0.307 e. The maximum atomic E-state index is 11.6.